The quantitative estimate of drug-likeness (QED) is 0.809. The zero-order chi connectivity index (χ0) is 16.7. The summed E-state index contributed by atoms with van der Waals surface area (Å²) in [4.78, 5) is 27.5. The molecule has 8 heteroatoms. The van der Waals surface area contributed by atoms with E-state index in [1.165, 1.54) is 0 Å². The minimum atomic E-state index is -0.604. The minimum Gasteiger partial charge on any atom is -0.497 e. The Bertz CT molecular complexity index is 695. The van der Waals surface area contributed by atoms with Gasteiger partial charge in [-0.1, -0.05) is 23.4 Å². The van der Waals surface area contributed by atoms with Crippen LogP contribution in [-0.4, -0.2) is 29.8 Å². The summed E-state index contributed by atoms with van der Waals surface area (Å²) in [6.07, 6.45) is 1.59. The molecule has 0 aliphatic rings. The van der Waals surface area contributed by atoms with Crippen molar-refractivity contribution < 1.29 is 14.3 Å². The number of thioether (sulfide) groups is 1. The number of anilines is 1. The average molecular weight is 352 g/mol. The van der Waals surface area contributed by atoms with Crippen molar-refractivity contribution in [3.63, 3.8) is 0 Å². The van der Waals surface area contributed by atoms with Crippen LogP contribution in [-0.2, 0) is 4.79 Å². The number of methoxy groups -OCH3 is 1. The molecule has 0 spiro atoms. The summed E-state index contributed by atoms with van der Waals surface area (Å²) in [6.45, 7) is 0. The molecule has 0 aliphatic heterocycles. The van der Waals surface area contributed by atoms with Crippen molar-refractivity contribution in [3.8, 4) is 5.75 Å². The van der Waals surface area contributed by atoms with Gasteiger partial charge in [0.25, 0.3) is 0 Å². The van der Waals surface area contributed by atoms with Crippen LogP contribution in [0.2, 0.25) is 5.02 Å². The second-order valence-corrected chi connectivity index (χ2v) is 5.68. The summed E-state index contributed by atoms with van der Waals surface area (Å²) >= 11 is 7.10. The van der Waals surface area contributed by atoms with Crippen LogP contribution in [0.5, 0.6) is 5.75 Å². The predicted molar refractivity (Wildman–Crippen MR) is 90.1 cm³/mol. The number of nitrogens with one attached hydrogen (secondary N) is 2. The van der Waals surface area contributed by atoms with E-state index in [-0.39, 0.29) is 5.75 Å². The molecule has 0 atom stereocenters. The molecule has 0 bridgehead atoms. The van der Waals surface area contributed by atoms with Crippen LogP contribution in [0.3, 0.4) is 0 Å². The number of pyridine rings is 1. The normalized spacial score (nSPS) is 10.0. The van der Waals surface area contributed by atoms with E-state index < -0.39 is 11.9 Å². The standard InChI is InChI=1S/C15H14ClN3O3S/c1-22-11-6-4-10(5-7-11)18-15(21)19-13(20)9-23-14-12(16)3-2-8-17-14/h2-8H,9H2,1H3,(H2,18,19,20,21). The molecule has 2 rings (SSSR count). The summed E-state index contributed by atoms with van der Waals surface area (Å²) in [5.74, 6) is 0.269. The van der Waals surface area contributed by atoms with Crippen LogP contribution in [0.15, 0.2) is 47.6 Å². The molecule has 0 fully saturated rings. The van der Waals surface area contributed by atoms with Crippen LogP contribution in [0, 0.1) is 0 Å². The molecule has 0 unspecified atom stereocenters. The molecule has 120 valence electrons. The largest absolute Gasteiger partial charge is 0.497 e. The first kappa shape index (κ1) is 17.1. The first-order chi connectivity index (χ1) is 11.1. The number of ether oxygens (including phenoxy) is 1. The van der Waals surface area contributed by atoms with Gasteiger partial charge in [-0.3, -0.25) is 10.1 Å². The highest BCUT2D eigenvalue weighted by molar-refractivity contribution is 8.00. The number of halogens is 1. The Labute approximate surface area is 142 Å². The molecule has 2 N–H and O–H groups in total. The zero-order valence-corrected chi connectivity index (χ0v) is 13.8. The third kappa shape index (κ3) is 5.46. The van der Waals surface area contributed by atoms with Crippen molar-refractivity contribution in [3.05, 3.63) is 47.6 Å². The number of rotatable bonds is 5. The van der Waals surface area contributed by atoms with Crippen molar-refractivity contribution in [1.82, 2.24) is 10.3 Å². The summed E-state index contributed by atoms with van der Waals surface area (Å²) in [7, 11) is 1.55. The summed E-state index contributed by atoms with van der Waals surface area (Å²) < 4.78 is 5.02. The summed E-state index contributed by atoms with van der Waals surface area (Å²) in [6, 6.07) is 9.54. The van der Waals surface area contributed by atoms with Gasteiger partial charge in [0.2, 0.25) is 5.91 Å². The number of aromatic nitrogens is 1. The molecule has 0 radical (unpaired) electrons. The molecule has 1 heterocycles. The number of carbonyl (C=O) groups excluding carboxylic acids is 2. The number of hydrogen-bond acceptors (Lipinski definition) is 5. The number of amides is 3. The van der Waals surface area contributed by atoms with Gasteiger partial charge in [0.05, 0.1) is 17.9 Å². The van der Waals surface area contributed by atoms with Crippen molar-refractivity contribution >= 4 is 41.0 Å². The fraction of sp³-hybridized carbons (Fsp3) is 0.133. The van der Waals surface area contributed by atoms with Gasteiger partial charge >= 0.3 is 6.03 Å². The zero-order valence-electron chi connectivity index (χ0n) is 12.2. The highest BCUT2D eigenvalue weighted by atomic mass is 35.5. The Balaban J connectivity index is 1.80. The maximum atomic E-state index is 11.7. The van der Waals surface area contributed by atoms with Gasteiger partial charge in [-0.15, -0.1) is 0 Å². The molecule has 0 saturated heterocycles. The molecule has 23 heavy (non-hydrogen) atoms. The number of carbonyl (C=O) groups is 2. The predicted octanol–water partition coefficient (Wildman–Crippen LogP) is 3.18. The topological polar surface area (TPSA) is 80.3 Å². The van der Waals surface area contributed by atoms with Gasteiger partial charge in [0, 0.05) is 11.9 Å². The van der Waals surface area contributed by atoms with E-state index >= 15 is 0 Å². The fourth-order valence-electron chi connectivity index (χ4n) is 1.61. The van der Waals surface area contributed by atoms with Gasteiger partial charge in [0.1, 0.15) is 10.8 Å². The number of hydrogen-bond donors (Lipinski definition) is 2. The lowest BCUT2D eigenvalue weighted by atomic mass is 10.3. The van der Waals surface area contributed by atoms with Gasteiger partial charge in [0.15, 0.2) is 0 Å². The third-order valence-corrected chi connectivity index (χ3v) is 4.09. The van der Waals surface area contributed by atoms with Crippen LogP contribution in [0.25, 0.3) is 0 Å². The van der Waals surface area contributed by atoms with Gasteiger partial charge in [-0.2, -0.15) is 0 Å². The van der Waals surface area contributed by atoms with Gasteiger partial charge < -0.3 is 10.1 Å². The van der Waals surface area contributed by atoms with E-state index in [0.29, 0.717) is 21.5 Å². The maximum Gasteiger partial charge on any atom is 0.325 e. The van der Waals surface area contributed by atoms with Crippen molar-refractivity contribution in [2.75, 3.05) is 18.2 Å². The van der Waals surface area contributed by atoms with Gasteiger partial charge in [-0.25, -0.2) is 9.78 Å². The molecule has 1 aromatic carbocycles. The number of urea groups is 1. The Hall–Kier alpha value is -2.25. The van der Waals surface area contributed by atoms with E-state index in [1.54, 1.807) is 49.7 Å². The molecule has 0 aliphatic carbocycles. The van der Waals surface area contributed by atoms with Crippen LogP contribution < -0.4 is 15.4 Å². The van der Waals surface area contributed by atoms with Crippen molar-refractivity contribution in [1.29, 1.82) is 0 Å². The Morgan fingerprint density at radius 3 is 2.65 bits per heavy atom. The van der Waals surface area contributed by atoms with Crippen molar-refractivity contribution in [2.24, 2.45) is 0 Å². The minimum absolute atomic E-state index is 0.0345. The molecule has 1 aromatic heterocycles. The summed E-state index contributed by atoms with van der Waals surface area (Å²) in [5, 5.41) is 5.80. The molecule has 3 amide bonds. The van der Waals surface area contributed by atoms with Crippen molar-refractivity contribution in [2.45, 2.75) is 5.03 Å². The third-order valence-electron chi connectivity index (χ3n) is 2.67. The monoisotopic (exact) mass is 351 g/mol. The Kier molecular flexibility index (Phi) is 6.25. The Morgan fingerprint density at radius 2 is 2.00 bits per heavy atom. The molecule has 6 nitrogen and oxygen atoms in total. The van der Waals surface area contributed by atoms with Gasteiger partial charge in [-0.05, 0) is 36.4 Å². The van der Waals surface area contributed by atoms with Crippen LogP contribution in [0.1, 0.15) is 0 Å². The lowest BCUT2D eigenvalue weighted by Crippen LogP contribution is -2.35. The first-order valence-electron chi connectivity index (χ1n) is 6.56. The summed E-state index contributed by atoms with van der Waals surface area (Å²) in [5.41, 5.74) is 0.552. The molecular weight excluding hydrogens is 338 g/mol. The lowest BCUT2D eigenvalue weighted by Gasteiger charge is -2.07. The average Bonchev–Trinajstić information content (AvgIpc) is 2.54. The molecular formula is C15H14ClN3O3S. The molecule has 0 saturated carbocycles. The fourth-order valence-corrected chi connectivity index (χ4v) is 2.58. The SMILES string of the molecule is COc1ccc(NC(=O)NC(=O)CSc2ncccc2Cl)cc1. The maximum absolute atomic E-state index is 11.7. The van der Waals surface area contributed by atoms with Crippen LogP contribution in [0.4, 0.5) is 10.5 Å². The van der Waals surface area contributed by atoms with Crippen LogP contribution >= 0.6 is 23.4 Å². The second kappa shape index (κ2) is 8.40. The molecule has 2 aromatic rings. The van der Waals surface area contributed by atoms with E-state index in [9.17, 15) is 9.59 Å². The van der Waals surface area contributed by atoms with E-state index in [4.69, 9.17) is 16.3 Å². The number of benzene rings is 1. The van der Waals surface area contributed by atoms with E-state index in [1.807, 2.05) is 0 Å². The highest BCUT2D eigenvalue weighted by Gasteiger charge is 2.10. The van der Waals surface area contributed by atoms with E-state index in [0.717, 1.165) is 11.8 Å². The smallest absolute Gasteiger partial charge is 0.325 e. The number of nitrogens with zero attached hydrogens (tertiary/aromatic N) is 1. The number of imide groups is 1. The van der Waals surface area contributed by atoms with E-state index in [2.05, 4.69) is 15.6 Å². The highest BCUT2D eigenvalue weighted by Crippen LogP contribution is 2.23. The second-order valence-electron chi connectivity index (χ2n) is 4.31. The lowest BCUT2D eigenvalue weighted by molar-refractivity contribution is -0.117. The Morgan fingerprint density at radius 1 is 1.26 bits per heavy atom. The first-order valence-corrected chi connectivity index (χ1v) is 7.93.